The highest BCUT2D eigenvalue weighted by molar-refractivity contribution is 7.99. The van der Waals surface area contributed by atoms with Gasteiger partial charge in [0.25, 0.3) is 11.1 Å². The first-order valence-corrected chi connectivity index (χ1v) is 15.9. The van der Waals surface area contributed by atoms with E-state index in [1.807, 2.05) is 27.7 Å². The highest BCUT2D eigenvalue weighted by atomic mass is 32.2. The van der Waals surface area contributed by atoms with E-state index in [0.717, 1.165) is 45.3 Å². The maximum absolute atomic E-state index is 12.7. The average Bonchev–Trinajstić information content (AvgIpc) is 3.51. The van der Waals surface area contributed by atoms with Gasteiger partial charge in [0.15, 0.2) is 11.8 Å². The number of hydrogen-bond acceptors (Lipinski definition) is 8. The molecule has 0 aliphatic carbocycles. The van der Waals surface area contributed by atoms with Gasteiger partial charge in [-0.3, -0.25) is 18.7 Å². The smallest absolute Gasteiger partial charge is 0.254 e. The third-order valence-electron chi connectivity index (χ3n) is 8.19. The lowest BCUT2D eigenvalue weighted by molar-refractivity contribution is 0.105. The van der Waals surface area contributed by atoms with Crippen molar-refractivity contribution < 1.29 is 20.4 Å². The van der Waals surface area contributed by atoms with E-state index in [0.29, 0.717) is 44.9 Å². The van der Waals surface area contributed by atoms with E-state index >= 15 is 0 Å². The second-order valence-electron chi connectivity index (χ2n) is 12.1. The lowest BCUT2D eigenvalue weighted by Gasteiger charge is -2.30. The van der Waals surface area contributed by atoms with Crippen molar-refractivity contribution in [1.82, 2.24) is 9.13 Å². The molecule has 0 amide bonds. The highest BCUT2D eigenvalue weighted by Gasteiger charge is 2.31. The number of nitrogens with zero attached hydrogens (tertiary/aromatic N) is 2. The van der Waals surface area contributed by atoms with Crippen molar-refractivity contribution in [3.8, 4) is 11.8 Å². The lowest BCUT2D eigenvalue weighted by atomic mass is 9.92. The van der Waals surface area contributed by atoms with Crippen molar-refractivity contribution in [3.05, 3.63) is 44.0 Å². The van der Waals surface area contributed by atoms with Crippen LogP contribution in [0.2, 0.25) is 0 Å². The van der Waals surface area contributed by atoms with Crippen LogP contribution in [0.3, 0.4) is 0 Å². The molecule has 0 saturated carbocycles. The van der Waals surface area contributed by atoms with Gasteiger partial charge in [0.05, 0.1) is 12.2 Å². The van der Waals surface area contributed by atoms with Gasteiger partial charge in [-0.1, -0.05) is 0 Å². The molecule has 0 fully saturated rings. The van der Waals surface area contributed by atoms with E-state index in [1.54, 1.807) is 35.7 Å². The minimum Gasteiger partial charge on any atom is -0.494 e. The Kier molecular flexibility index (Phi) is 9.20. The van der Waals surface area contributed by atoms with Gasteiger partial charge >= 0.3 is 0 Å². The third kappa shape index (κ3) is 6.55. The zero-order valence-electron chi connectivity index (χ0n) is 23.4. The molecule has 0 aromatic carbocycles. The molecule has 2 aromatic heterocycles. The molecule has 4 heterocycles. The largest absolute Gasteiger partial charge is 0.494 e. The molecule has 0 bridgehead atoms. The summed E-state index contributed by atoms with van der Waals surface area (Å²) in [6.45, 7) is 7.63. The molecular formula is C29H42N2O6S2. The summed E-state index contributed by atoms with van der Waals surface area (Å²) >= 11 is 3.19. The highest BCUT2D eigenvalue weighted by Crippen LogP contribution is 2.39. The number of aromatic hydroxyl groups is 2. The Hall–Kier alpha value is -1.88. The first-order chi connectivity index (χ1) is 18.3. The van der Waals surface area contributed by atoms with Gasteiger partial charge in [-0.05, 0) is 85.5 Å². The van der Waals surface area contributed by atoms with Crippen molar-refractivity contribution in [1.29, 1.82) is 0 Å². The van der Waals surface area contributed by atoms with Crippen LogP contribution in [0, 0.1) is 0 Å². The van der Waals surface area contributed by atoms with Gasteiger partial charge in [0.1, 0.15) is 0 Å². The number of pyridine rings is 2. The maximum Gasteiger partial charge on any atom is 0.254 e. The Labute approximate surface area is 238 Å². The maximum atomic E-state index is 12.7. The van der Waals surface area contributed by atoms with Gasteiger partial charge in [0, 0.05) is 55.6 Å². The molecule has 39 heavy (non-hydrogen) atoms. The van der Waals surface area contributed by atoms with Crippen LogP contribution in [-0.2, 0) is 23.9 Å². The standard InChI is InChI=1S/C29H42N2O6S2/c1-28(2,30-24(34)16-22-20(26(30)36)10-14-38-22)12-8-18(32)6-5-7-19(33)9-13-29(3,4)31-25(35)17-23-21(27(31)37)11-15-39-23/h16-19,32-33,36-37H,5-15H2,1-4H3. The van der Waals surface area contributed by atoms with Gasteiger partial charge in [-0.15, -0.1) is 23.5 Å². The molecule has 2 unspecified atom stereocenters. The number of rotatable bonds is 12. The minimum absolute atomic E-state index is 0.0439. The first-order valence-electron chi connectivity index (χ1n) is 13.9. The zero-order chi connectivity index (χ0) is 28.5. The topological polar surface area (TPSA) is 125 Å². The summed E-state index contributed by atoms with van der Waals surface area (Å²) < 4.78 is 2.91. The van der Waals surface area contributed by atoms with E-state index in [4.69, 9.17) is 0 Å². The van der Waals surface area contributed by atoms with Crippen molar-refractivity contribution in [2.45, 2.75) is 119 Å². The van der Waals surface area contributed by atoms with Gasteiger partial charge in [-0.25, -0.2) is 0 Å². The fourth-order valence-corrected chi connectivity index (χ4v) is 7.95. The molecule has 0 radical (unpaired) electrons. The molecule has 8 nitrogen and oxygen atoms in total. The monoisotopic (exact) mass is 578 g/mol. The molecule has 2 aliphatic rings. The van der Waals surface area contributed by atoms with E-state index in [1.165, 1.54) is 9.13 Å². The summed E-state index contributed by atoms with van der Waals surface area (Å²) in [4.78, 5) is 27.2. The summed E-state index contributed by atoms with van der Waals surface area (Å²) in [5.41, 5.74) is -0.0624. The van der Waals surface area contributed by atoms with Crippen LogP contribution in [-0.4, -0.2) is 53.3 Å². The Morgan fingerprint density at radius 1 is 0.744 bits per heavy atom. The number of fused-ring (bicyclic) bond motifs is 2. The van der Waals surface area contributed by atoms with Crippen molar-refractivity contribution in [2.75, 3.05) is 11.5 Å². The predicted octanol–water partition coefficient (Wildman–Crippen LogP) is 4.34. The summed E-state index contributed by atoms with van der Waals surface area (Å²) in [7, 11) is 0. The minimum atomic E-state index is -0.643. The summed E-state index contributed by atoms with van der Waals surface area (Å²) in [5, 5.41) is 42.8. The van der Waals surface area contributed by atoms with Gasteiger partial charge in [0.2, 0.25) is 0 Å². The fourth-order valence-electron chi connectivity index (χ4n) is 5.79. The number of thioether (sulfide) groups is 2. The van der Waals surface area contributed by atoms with Crippen LogP contribution < -0.4 is 11.1 Å². The molecule has 4 rings (SSSR count). The molecule has 10 heteroatoms. The summed E-state index contributed by atoms with van der Waals surface area (Å²) in [6, 6.07) is 3.21. The van der Waals surface area contributed by atoms with Crippen molar-refractivity contribution >= 4 is 23.5 Å². The molecule has 4 N–H and O–H groups in total. The Bertz CT molecular complexity index is 1220. The number of aromatic nitrogens is 2. The van der Waals surface area contributed by atoms with E-state index in [9.17, 15) is 30.0 Å². The van der Waals surface area contributed by atoms with Crippen LogP contribution >= 0.6 is 23.5 Å². The number of aliphatic hydroxyl groups excluding tert-OH is 2. The van der Waals surface area contributed by atoms with E-state index in [2.05, 4.69) is 0 Å². The summed E-state index contributed by atoms with van der Waals surface area (Å²) in [5.74, 6) is 1.82. The molecule has 2 atom stereocenters. The van der Waals surface area contributed by atoms with Gasteiger partial charge in [-0.2, -0.15) is 0 Å². The molecule has 2 aromatic rings. The molecule has 0 spiro atoms. The van der Waals surface area contributed by atoms with Gasteiger partial charge < -0.3 is 20.4 Å². The summed E-state index contributed by atoms with van der Waals surface area (Å²) in [6.07, 6.45) is 4.06. The molecule has 216 valence electrons. The number of hydrogen-bond donors (Lipinski definition) is 4. The predicted molar refractivity (Wildman–Crippen MR) is 157 cm³/mol. The third-order valence-corrected chi connectivity index (χ3v) is 10.4. The molecular weight excluding hydrogens is 536 g/mol. The quantitative estimate of drug-likeness (QED) is 0.293. The van der Waals surface area contributed by atoms with Crippen LogP contribution in [0.15, 0.2) is 31.5 Å². The van der Waals surface area contributed by atoms with Crippen molar-refractivity contribution in [3.63, 3.8) is 0 Å². The molecule has 2 aliphatic heterocycles. The number of aliphatic hydroxyl groups is 2. The van der Waals surface area contributed by atoms with Crippen LogP contribution in [0.25, 0.3) is 0 Å². The SMILES string of the molecule is CC(C)(CCC(O)CCCC(O)CCC(C)(C)n1c(O)c2c(cc1=O)SCC2)n1c(O)c2c(cc1=O)SCC2. The first kappa shape index (κ1) is 30.1. The van der Waals surface area contributed by atoms with Crippen LogP contribution in [0.4, 0.5) is 0 Å². The average molecular weight is 579 g/mol. The second-order valence-corrected chi connectivity index (χ2v) is 14.4. The zero-order valence-corrected chi connectivity index (χ0v) is 25.0. The Morgan fingerprint density at radius 2 is 1.13 bits per heavy atom. The molecule has 0 saturated heterocycles. The normalized spacial score (nSPS) is 16.8. The van der Waals surface area contributed by atoms with E-state index in [-0.39, 0.29) is 22.9 Å². The lowest BCUT2D eigenvalue weighted by Crippen LogP contribution is -2.37. The van der Waals surface area contributed by atoms with Crippen LogP contribution in [0.1, 0.15) is 83.8 Å². The van der Waals surface area contributed by atoms with Crippen LogP contribution in [0.5, 0.6) is 11.8 Å². The van der Waals surface area contributed by atoms with E-state index < -0.39 is 23.3 Å². The Morgan fingerprint density at radius 3 is 1.51 bits per heavy atom. The second kappa shape index (κ2) is 11.9. The fraction of sp³-hybridized carbons (Fsp3) is 0.655. The van der Waals surface area contributed by atoms with Crippen molar-refractivity contribution in [2.24, 2.45) is 0 Å². The Balaban J connectivity index is 1.24.